The minimum Gasteiger partial charge on any atom is -0.394 e. The molecule has 5 heteroatoms. The van der Waals surface area contributed by atoms with Crippen molar-refractivity contribution in [2.75, 3.05) is 11.7 Å². The highest BCUT2D eigenvalue weighted by Crippen LogP contribution is 2.13. The summed E-state index contributed by atoms with van der Waals surface area (Å²) < 4.78 is 0. The lowest BCUT2D eigenvalue weighted by atomic mass is 10.4. The van der Waals surface area contributed by atoms with E-state index in [4.69, 9.17) is 9.94 Å². The summed E-state index contributed by atoms with van der Waals surface area (Å²) in [4.78, 5) is 21.0. The zero-order valence-corrected chi connectivity index (χ0v) is 9.46. The molecule has 0 aromatic carbocycles. The second-order valence-corrected chi connectivity index (χ2v) is 3.33. The van der Waals surface area contributed by atoms with Crippen LogP contribution in [0.2, 0.25) is 0 Å². The maximum absolute atomic E-state index is 11.6. The van der Waals surface area contributed by atoms with Gasteiger partial charge in [-0.2, -0.15) is 5.06 Å². The average molecular weight is 224 g/mol. The molecule has 0 fully saturated rings. The summed E-state index contributed by atoms with van der Waals surface area (Å²) in [5.41, 5.74) is 0. The van der Waals surface area contributed by atoms with Crippen LogP contribution in [0.25, 0.3) is 0 Å². The van der Waals surface area contributed by atoms with E-state index < -0.39 is 6.10 Å². The van der Waals surface area contributed by atoms with Crippen LogP contribution in [0.5, 0.6) is 0 Å². The van der Waals surface area contributed by atoms with Crippen LogP contribution in [0.1, 0.15) is 20.3 Å². The van der Waals surface area contributed by atoms with E-state index in [0.717, 1.165) is 5.06 Å². The topological polar surface area (TPSA) is 62.7 Å². The number of pyridine rings is 1. The van der Waals surface area contributed by atoms with Gasteiger partial charge >= 0.3 is 0 Å². The van der Waals surface area contributed by atoms with E-state index >= 15 is 0 Å². The normalized spacial score (nSPS) is 12.2. The fraction of sp³-hybridized carbons (Fsp3) is 0.455. The molecule has 1 aromatic heterocycles. The summed E-state index contributed by atoms with van der Waals surface area (Å²) >= 11 is 0. The molecule has 0 aliphatic carbocycles. The first kappa shape index (κ1) is 12.6. The SMILES string of the molecule is CCC(=O)N(O[C@H](C)CO)c1ccccn1. The number of carbonyl (C=O) groups is 1. The summed E-state index contributed by atoms with van der Waals surface area (Å²) in [5.74, 6) is 0.230. The molecule has 0 saturated carbocycles. The number of nitrogens with zero attached hydrogens (tertiary/aromatic N) is 2. The number of hydroxylamine groups is 1. The summed E-state index contributed by atoms with van der Waals surface area (Å²) in [6, 6.07) is 5.20. The van der Waals surface area contributed by atoms with Gasteiger partial charge in [-0.15, -0.1) is 0 Å². The molecule has 1 N–H and O–H groups in total. The first-order valence-corrected chi connectivity index (χ1v) is 5.20. The highest BCUT2D eigenvalue weighted by Gasteiger charge is 2.18. The minimum absolute atomic E-state index is 0.152. The molecule has 1 aromatic rings. The molecule has 88 valence electrons. The standard InChI is InChI=1S/C11H16N2O3/c1-3-11(15)13(16-9(2)8-14)10-6-4-5-7-12-10/h4-7,9,14H,3,8H2,1-2H3/t9-/m1/s1. The largest absolute Gasteiger partial charge is 0.394 e. The lowest BCUT2D eigenvalue weighted by Gasteiger charge is -2.23. The third kappa shape index (κ3) is 3.29. The van der Waals surface area contributed by atoms with Crippen LogP contribution in [0.4, 0.5) is 5.82 Å². The molecule has 0 unspecified atom stereocenters. The van der Waals surface area contributed by atoms with Gasteiger partial charge in [-0.1, -0.05) is 13.0 Å². The van der Waals surface area contributed by atoms with Gasteiger partial charge in [0.05, 0.1) is 6.61 Å². The average Bonchev–Trinajstić information content (AvgIpc) is 2.35. The van der Waals surface area contributed by atoms with Crippen molar-refractivity contribution in [3.63, 3.8) is 0 Å². The van der Waals surface area contributed by atoms with Crippen molar-refractivity contribution in [1.82, 2.24) is 4.98 Å². The molecule has 0 aliphatic rings. The lowest BCUT2D eigenvalue weighted by Crippen LogP contribution is -2.35. The van der Waals surface area contributed by atoms with Crippen molar-refractivity contribution in [3.05, 3.63) is 24.4 Å². The third-order valence-electron chi connectivity index (χ3n) is 1.93. The molecule has 0 saturated heterocycles. The second-order valence-electron chi connectivity index (χ2n) is 3.33. The van der Waals surface area contributed by atoms with E-state index in [2.05, 4.69) is 4.98 Å². The number of rotatable bonds is 5. The van der Waals surface area contributed by atoms with Crippen LogP contribution < -0.4 is 5.06 Å². The Bertz CT molecular complexity index is 329. The van der Waals surface area contributed by atoms with Gasteiger partial charge in [0.15, 0.2) is 5.82 Å². The molecule has 1 heterocycles. The van der Waals surface area contributed by atoms with Crippen molar-refractivity contribution in [2.24, 2.45) is 0 Å². The Kier molecular flexibility index (Phi) is 4.88. The molecular weight excluding hydrogens is 208 g/mol. The zero-order chi connectivity index (χ0) is 12.0. The summed E-state index contributed by atoms with van der Waals surface area (Å²) in [6.45, 7) is 3.27. The van der Waals surface area contributed by atoms with Crippen molar-refractivity contribution in [1.29, 1.82) is 0 Å². The Morgan fingerprint density at radius 1 is 1.62 bits per heavy atom. The number of aliphatic hydroxyl groups excluding tert-OH is 1. The quantitative estimate of drug-likeness (QED) is 0.762. The highest BCUT2D eigenvalue weighted by atomic mass is 16.7. The highest BCUT2D eigenvalue weighted by molar-refractivity contribution is 5.90. The minimum atomic E-state index is -0.447. The zero-order valence-electron chi connectivity index (χ0n) is 9.46. The second kappa shape index (κ2) is 6.19. The maximum Gasteiger partial charge on any atom is 0.252 e. The number of hydrogen-bond donors (Lipinski definition) is 1. The van der Waals surface area contributed by atoms with Gasteiger partial charge < -0.3 is 5.11 Å². The van der Waals surface area contributed by atoms with Gasteiger partial charge in [0.1, 0.15) is 6.10 Å². The van der Waals surface area contributed by atoms with Crippen molar-refractivity contribution in [2.45, 2.75) is 26.4 Å². The smallest absolute Gasteiger partial charge is 0.252 e. The number of aliphatic hydroxyl groups is 1. The predicted octanol–water partition coefficient (Wildman–Crippen LogP) is 1.14. The van der Waals surface area contributed by atoms with E-state index in [9.17, 15) is 4.79 Å². The Hall–Kier alpha value is -1.46. The van der Waals surface area contributed by atoms with Crippen LogP contribution in [-0.2, 0) is 9.63 Å². The van der Waals surface area contributed by atoms with Gasteiger partial charge in [0.25, 0.3) is 5.91 Å². The van der Waals surface area contributed by atoms with Crippen LogP contribution in [0, 0.1) is 0 Å². The summed E-state index contributed by atoms with van der Waals surface area (Å²) in [6.07, 6.45) is 1.45. The number of aromatic nitrogens is 1. The van der Waals surface area contributed by atoms with Crippen LogP contribution in [0.3, 0.4) is 0 Å². The number of amides is 1. The third-order valence-corrected chi connectivity index (χ3v) is 1.93. The molecule has 5 nitrogen and oxygen atoms in total. The van der Waals surface area contributed by atoms with Gasteiger partial charge in [0.2, 0.25) is 0 Å². The Balaban J connectivity index is 2.84. The monoisotopic (exact) mass is 224 g/mol. The van der Waals surface area contributed by atoms with Crippen LogP contribution in [0.15, 0.2) is 24.4 Å². The van der Waals surface area contributed by atoms with E-state index in [0.29, 0.717) is 12.2 Å². The molecule has 0 spiro atoms. The van der Waals surface area contributed by atoms with E-state index in [1.165, 1.54) is 0 Å². The first-order chi connectivity index (χ1) is 7.69. The first-order valence-electron chi connectivity index (χ1n) is 5.20. The summed E-state index contributed by atoms with van der Waals surface area (Å²) in [5, 5.41) is 10.0. The Labute approximate surface area is 94.6 Å². The van der Waals surface area contributed by atoms with Gasteiger partial charge in [-0.3, -0.25) is 9.63 Å². The molecule has 16 heavy (non-hydrogen) atoms. The number of hydrogen-bond acceptors (Lipinski definition) is 4. The van der Waals surface area contributed by atoms with Gasteiger partial charge in [0, 0.05) is 12.6 Å². The molecule has 1 amide bonds. The number of carbonyl (C=O) groups excluding carboxylic acids is 1. The summed E-state index contributed by atoms with van der Waals surface area (Å²) in [7, 11) is 0. The lowest BCUT2D eigenvalue weighted by molar-refractivity contribution is -0.129. The maximum atomic E-state index is 11.6. The molecule has 0 bridgehead atoms. The molecule has 1 atom stereocenters. The predicted molar refractivity (Wildman–Crippen MR) is 59.6 cm³/mol. The van der Waals surface area contributed by atoms with E-state index in [1.807, 2.05) is 0 Å². The fourth-order valence-corrected chi connectivity index (χ4v) is 1.07. The van der Waals surface area contributed by atoms with Gasteiger partial charge in [-0.05, 0) is 19.1 Å². The Morgan fingerprint density at radius 3 is 2.88 bits per heavy atom. The molecule has 0 radical (unpaired) electrons. The van der Waals surface area contributed by atoms with E-state index in [-0.39, 0.29) is 12.5 Å². The molecule has 0 aliphatic heterocycles. The molecule has 1 rings (SSSR count). The van der Waals surface area contributed by atoms with Crippen LogP contribution >= 0.6 is 0 Å². The van der Waals surface area contributed by atoms with Crippen molar-refractivity contribution in [3.8, 4) is 0 Å². The number of anilines is 1. The molecular formula is C11H16N2O3. The van der Waals surface area contributed by atoms with Crippen molar-refractivity contribution >= 4 is 11.7 Å². The van der Waals surface area contributed by atoms with Crippen molar-refractivity contribution < 1.29 is 14.7 Å². The van der Waals surface area contributed by atoms with Crippen LogP contribution in [-0.4, -0.2) is 28.7 Å². The van der Waals surface area contributed by atoms with Gasteiger partial charge in [-0.25, -0.2) is 4.98 Å². The van der Waals surface area contributed by atoms with E-state index in [1.54, 1.807) is 38.2 Å². The fourth-order valence-electron chi connectivity index (χ4n) is 1.07. The Morgan fingerprint density at radius 2 is 2.38 bits per heavy atom.